The molecule has 0 aliphatic rings. The SMILES string of the molecule is CON(OCCc1ccccc1)C(=O)Nc1ccccc1. The first-order valence-electron chi connectivity index (χ1n) is 6.66. The van der Waals surface area contributed by atoms with Gasteiger partial charge in [0.1, 0.15) is 0 Å². The Morgan fingerprint density at radius 2 is 1.67 bits per heavy atom. The van der Waals surface area contributed by atoms with E-state index in [4.69, 9.17) is 9.68 Å². The largest absolute Gasteiger partial charge is 0.371 e. The fourth-order valence-corrected chi connectivity index (χ4v) is 1.78. The molecule has 0 unspecified atom stereocenters. The second kappa shape index (κ2) is 8.04. The van der Waals surface area contributed by atoms with Gasteiger partial charge in [-0.25, -0.2) is 14.5 Å². The van der Waals surface area contributed by atoms with E-state index in [9.17, 15) is 4.79 Å². The number of benzene rings is 2. The highest BCUT2D eigenvalue weighted by Crippen LogP contribution is 2.07. The van der Waals surface area contributed by atoms with Gasteiger partial charge in [-0.05, 0) is 24.1 Å². The van der Waals surface area contributed by atoms with E-state index in [1.54, 1.807) is 12.1 Å². The Bertz CT molecular complexity index is 546. The summed E-state index contributed by atoms with van der Waals surface area (Å²) < 4.78 is 0. The fourth-order valence-electron chi connectivity index (χ4n) is 1.78. The number of carbonyl (C=O) groups excluding carboxylic acids is 1. The van der Waals surface area contributed by atoms with Gasteiger partial charge in [0.05, 0.1) is 13.7 Å². The standard InChI is InChI=1S/C16H18N2O3/c1-20-18(16(19)17-15-10-6-3-7-11-15)21-13-12-14-8-4-2-5-9-14/h2-11H,12-13H2,1H3,(H,17,19). The molecule has 2 aromatic carbocycles. The quantitative estimate of drug-likeness (QED) is 0.829. The van der Waals surface area contributed by atoms with Crippen LogP contribution in [0.2, 0.25) is 0 Å². The lowest BCUT2D eigenvalue weighted by molar-refractivity contribution is -0.310. The van der Waals surface area contributed by atoms with E-state index < -0.39 is 6.03 Å². The number of hydrogen-bond acceptors (Lipinski definition) is 3. The van der Waals surface area contributed by atoms with Gasteiger partial charge >= 0.3 is 6.03 Å². The summed E-state index contributed by atoms with van der Waals surface area (Å²) in [5, 5.41) is 3.52. The molecule has 2 aromatic rings. The summed E-state index contributed by atoms with van der Waals surface area (Å²) in [6, 6.07) is 18.5. The Morgan fingerprint density at radius 3 is 2.29 bits per heavy atom. The van der Waals surface area contributed by atoms with Crippen molar-refractivity contribution < 1.29 is 14.5 Å². The van der Waals surface area contributed by atoms with Gasteiger partial charge in [-0.2, -0.15) is 0 Å². The Hall–Kier alpha value is -2.37. The van der Waals surface area contributed by atoms with Crippen LogP contribution >= 0.6 is 0 Å². The highest BCUT2D eigenvalue weighted by atomic mass is 17.0. The van der Waals surface area contributed by atoms with Crippen LogP contribution in [-0.4, -0.2) is 25.0 Å². The second-order valence-corrected chi connectivity index (χ2v) is 4.30. The third-order valence-electron chi connectivity index (χ3n) is 2.80. The third-order valence-corrected chi connectivity index (χ3v) is 2.80. The van der Waals surface area contributed by atoms with Crippen molar-refractivity contribution in [1.82, 2.24) is 5.23 Å². The molecule has 0 fully saturated rings. The van der Waals surface area contributed by atoms with E-state index in [0.717, 1.165) is 10.8 Å². The maximum Gasteiger partial charge on any atom is 0.371 e. The summed E-state index contributed by atoms with van der Waals surface area (Å²) in [5.74, 6) is 0. The van der Waals surface area contributed by atoms with Gasteiger partial charge in [0.25, 0.3) is 0 Å². The van der Waals surface area contributed by atoms with Gasteiger partial charge in [-0.15, -0.1) is 0 Å². The number of amides is 2. The predicted octanol–water partition coefficient (Wildman–Crippen LogP) is 3.26. The van der Waals surface area contributed by atoms with E-state index in [1.807, 2.05) is 48.5 Å². The Balaban J connectivity index is 1.81. The molecule has 0 radical (unpaired) electrons. The van der Waals surface area contributed by atoms with Crippen molar-refractivity contribution in [3.05, 3.63) is 66.2 Å². The molecule has 0 bridgehead atoms. The van der Waals surface area contributed by atoms with Crippen molar-refractivity contribution >= 4 is 11.7 Å². The van der Waals surface area contributed by atoms with Crippen molar-refractivity contribution in [2.24, 2.45) is 0 Å². The van der Waals surface area contributed by atoms with Crippen LogP contribution in [0.5, 0.6) is 0 Å². The average Bonchev–Trinajstić information content (AvgIpc) is 2.53. The summed E-state index contributed by atoms with van der Waals surface area (Å²) in [4.78, 5) is 22.2. The monoisotopic (exact) mass is 286 g/mol. The molecule has 5 heteroatoms. The Morgan fingerprint density at radius 1 is 1.05 bits per heavy atom. The molecule has 0 spiro atoms. The highest BCUT2D eigenvalue weighted by Gasteiger charge is 2.14. The van der Waals surface area contributed by atoms with Crippen molar-refractivity contribution in [3.8, 4) is 0 Å². The number of rotatable bonds is 6. The predicted molar refractivity (Wildman–Crippen MR) is 80.4 cm³/mol. The van der Waals surface area contributed by atoms with Gasteiger partial charge < -0.3 is 5.32 Å². The van der Waals surface area contributed by atoms with Crippen molar-refractivity contribution in [3.63, 3.8) is 0 Å². The van der Waals surface area contributed by atoms with Crippen LogP contribution < -0.4 is 5.32 Å². The Labute approximate surface area is 124 Å². The normalized spacial score (nSPS) is 10.1. The van der Waals surface area contributed by atoms with Gasteiger partial charge in [-0.1, -0.05) is 53.8 Å². The summed E-state index contributed by atoms with van der Waals surface area (Å²) >= 11 is 0. The maximum atomic E-state index is 12.0. The van der Waals surface area contributed by atoms with E-state index in [2.05, 4.69) is 5.32 Å². The first-order chi connectivity index (χ1) is 10.3. The molecule has 5 nitrogen and oxygen atoms in total. The van der Waals surface area contributed by atoms with Crippen LogP contribution in [-0.2, 0) is 16.1 Å². The molecule has 110 valence electrons. The third kappa shape index (κ3) is 4.91. The molecule has 0 heterocycles. The molecule has 0 aliphatic heterocycles. The zero-order chi connectivity index (χ0) is 14.9. The van der Waals surface area contributed by atoms with E-state index in [0.29, 0.717) is 18.7 Å². The minimum absolute atomic E-state index is 0.347. The molecule has 0 saturated heterocycles. The van der Waals surface area contributed by atoms with Crippen molar-refractivity contribution in [2.45, 2.75) is 6.42 Å². The van der Waals surface area contributed by atoms with Crippen LogP contribution in [0.1, 0.15) is 5.56 Å². The van der Waals surface area contributed by atoms with Gasteiger partial charge in [-0.3, -0.25) is 0 Å². The lowest BCUT2D eigenvalue weighted by Crippen LogP contribution is -2.34. The summed E-state index contributed by atoms with van der Waals surface area (Å²) in [5.41, 5.74) is 1.81. The molecule has 0 atom stereocenters. The van der Waals surface area contributed by atoms with Crippen molar-refractivity contribution in [2.75, 3.05) is 19.0 Å². The topological polar surface area (TPSA) is 50.8 Å². The zero-order valence-electron chi connectivity index (χ0n) is 11.9. The number of carbonyl (C=O) groups is 1. The highest BCUT2D eigenvalue weighted by molar-refractivity contribution is 5.87. The molecule has 2 rings (SSSR count). The molecule has 2 amide bonds. The zero-order valence-corrected chi connectivity index (χ0v) is 11.9. The minimum atomic E-state index is -0.475. The first-order valence-corrected chi connectivity index (χ1v) is 6.66. The first kappa shape index (κ1) is 15.0. The minimum Gasteiger partial charge on any atom is -0.304 e. The number of hydroxylamine groups is 2. The molecule has 0 saturated carbocycles. The fraction of sp³-hybridized carbons (Fsp3) is 0.188. The number of nitrogens with one attached hydrogen (secondary N) is 1. The number of urea groups is 1. The smallest absolute Gasteiger partial charge is 0.304 e. The van der Waals surface area contributed by atoms with Crippen LogP contribution in [0.25, 0.3) is 0 Å². The van der Waals surface area contributed by atoms with Crippen LogP contribution in [0, 0.1) is 0 Å². The molecular weight excluding hydrogens is 268 g/mol. The summed E-state index contributed by atoms with van der Waals surface area (Å²) in [7, 11) is 1.38. The molecular formula is C16H18N2O3. The van der Waals surface area contributed by atoms with E-state index >= 15 is 0 Å². The van der Waals surface area contributed by atoms with Crippen LogP contribution in [0.15, 0.2) is 60.7 Å². The number of para-hydroxylation sites is 1. The van der Waals surface area contributed by atoms with Gasteiger partial charge in [0.2, 0.25) is 0 Å². The van der Waals surface area contributed by atoms with Gasteiger partial charge in [0, 0.05) is 5.69 Å². The van der Waals surface area contributed by atoms with Crippen LogP contribution in [0.4, 0.5) is 10.5 Å². The number of hydrogen-bond donors (Lipinski definition) is 1. The lowest BCUT2D eigenvalue weighted by Gasteiger charge is -2.18. The number of nitrogens with zero attached hydrogens (tertiary/aromatic N) is 1. The second-order valence-electron chi connectivity index (χ2n) is 4.30. The molecule has 21 heavy (non-hydrogen) atoms. The summed E-state index contributed by atoms with van der Waals surface area (Å²) in [6.07, 6.45) is 0.694. The Kier molecular flexibility index (Phi) is 5.75. The van der Waals surface area contributed by atoms with E-state index in [1.165, 1.54) is 7.11 Å². The van der Waals surface area contributed by atoms with E-state index in [-0.39, 0.29) is 0 Å². The lowest BCUT2D eigenvalue weighted by atomic mass is 10.2. The molecule has 1 N–H and O–H groups in total. The van der Waals surface area contributed by atoms with Gasteiger partial charge in [0.15, 0.2) is 0 Å². The van der Waals surface area contributed by atoms with Crippen LogP contribution in [0.3, 0.4) is 0 Å². The maximum absolute atomic E-state index is 12.0. The summed E-state index contributed by atoms with van der Waals surface area (Å²) in [6.45, 7) is 0.347. The molecule has 0 aliphatic carbocycles. The number of anilines is 1. The average molecular weight is 286 g/mol. The van der Waals surface area contributed by atoms with Crippen molar-refractivity contribution in [1.29, 1.82) is 0 Å². The molecule has 0 aromatic heterocycles.